The summed E-state index contributed by atoms with van der Waals surface area (Å²) in [5.41, 5.74) is 6.31. The molecule has 6 nitrogen and oxygen atoms in total. The Kier molecular flexibility index (Phi) is 5.01. The molecule has 0 aliphatic carbocycles. The van der Waals surface area contributed by atoms with Crippen molar-refractivity contribution in [2.75, 3.05) is 6.54 Å². The van der Waals surface area contributed by atoms with E-state index in [4.69, 9.17) is 5.73 Å². The number of nitrogens with one attached hydrogen (secondary N) is 1. The highest BCUT2D eigenvalue weighted by atomic mass is 19.1. The lowest BCUT2D eigenvalue weighted by Gasteiger charge is -2.07. The predicted octanol–water partition coefficient (Wildman–Crippen LogP) is 0.0438. The minimum Gasteiger partial charge on any atom is -0.350 e. The van der Waals surface area contributed by atoms with Crippen LogP contribution in [0.15, 0.2) is 30.9 Å². The Labute approximate surface area is 121 Å². The lowest BCUT2D eigenvalue weighted by Crippen LogP contribution is -2.27. The summed E-state index contributed by atoms with van der Waals surface area (Å²) in [5.74, 6) is 4.84. The van der Waals surface area contributed by atoms with Crippen LogP contribution in [-0.4, -0.2) is 27.2 Å². The summed E-state index contributed by atoms with van der Waals surface area (Å²) in [4.78, 5) is 15.4. The van der Waals surface area contributed by atoms with Gasteiger partial charge in [-0.15, -0.1) is 0 Å². The Morgan fingerprint density at radius 3 is 3.05 bits per heavy atom. The van der Waals surface area contributed by atoms with Gasteiger partial charge in [-0.1, -0.05) is 11.8 Å². The number of carbonyl (C=O) groups excluding carboxylic acids is 1. The molecule has 0 spiro atoms. The van der Waals surface area contributed by atoms with Crippen LogP contribution in [-0.2, 0) is 17.9 Å². The molecule has 108 valence electrons. The predicted molar refractivity (Wildman–Crippen MR) is 74.2 cm³/mol. The SMILES string of the molecule is NCC#Cc1ccc(F)c(CNC(=O)Cn2cncn2)c1. The molecule has 7 heteroatoms. The number of aromatic nitrogens is 3. The number of nitrogens with two attached hydrogens (primary N) is 1. The van der Waals surface area contributed by atoms with Crippen molar-refractivity contribution < 1.29 is 9.18 Å². The van der Waals surface area contributed by atoms with Gasteiger partial charge < -0.3 is 11.1 Å². The molecule has 2 aromatic rings. The van der Waals surface area contributed by atoms with Crippen molar-refractivity contribution in [1.29, 1.82) is 0 Å². The van der Waals surface area contributed by atoms with Crippen molar-refractivity contribution in [3.63, 3.8) is 0 Å². The van der Waals surface area contributed by atoms with Crippen molar-refractivity contribution in [3.05, 3.63) is 47.8 Å². The average Bonchev–Trinajstić information content (AvgIpc) is 2.98. The van der Waals surface area contributed by atoms with Gasteiger partial charge in [-0.05, 0) is 18.2 Å². The zero-order valence-electron chi connectivity index (χ0n) is 11.2. The summed E-state index contributed by atoms with van der Waals surface area (Å²) >= 11 is 0. The van der Waals surface area contributed by atoms with Gasteiger partial charge >= 0.3 is 0 Å². The molecule has 1 heterocycles. The van der Waals surface area contributed by atoms with Crippen molar-refractivity contribution in [2.24, 2.45) is 5.73 Å². The number of halogens is 1. The fraction of sp³-hybridized carbons (Fsp3) is 0.214. The number of carbonyl (C=O) groups is 1. The monoisotopic (exact) mass is 287 g/mol. The van der Waals surface area contributed by atoms with Gasteiger partial charge in [0.05, 0.1) is 6.54 Å². The summed E-state index contributed by atoms with van der Waals surface area (Å²) in [5, 5.41) is 6.44. The summed E-state index contributed by atoms with van der Waals surface area (Å²) in [6.45, 7) is 0.354. The first-order valence-electron chi connectivity index (χ1n) is 6.25. The van der Waals surface area contributed by atoms with E-state index in [0.717, 1.165) is 0 Å². The third-order valence-electron chi connectivity index (χ3n) is 2.63. The van der Waals surface area contributed by atoms with E-state index >= 15 is 0 Å². The molecule has 0 bridgehead atoms. The second-order valence-corrected chi connectivity index (χ2v) is 4.18. The van der Waals surface area contributed by atoms with Gasteiger partial charge in [0.15, 0.2) is 0 Å². The minimum absolute atomic E-state index is 0.0360. The van der Waals surface area contributed by atoms with Crippen LogP contribution in [0.25, 0.3) is 0 Å². The van der Waals surface area contributed by atoms with Crippen LogP contribution >= 0.6 is 0 Å². The first-order valence-corrected chi connectivity index (χ1v) is 6.25. The molecule has 0 aliphatic heterocycles. The number of benzene rings is 1. The van der Waals surface area contributed by atoms with Gasteiger partial charge in [0.25, 0.3) is 0 Å². The molecule has 1 aromatic heterocycles. The number of hydrogen-bond donors (Lipinski definition) is 2. The van der Waals surface area contributed by atoms with E-state index in [0.29, 0.717) is 11.1 Å². The Morgan fingerprint density at radius 1 is 1.48 bits per heavy atom. The highest BCUT2D eigenvalue weighted by Crippen LogP contribution is 2.09. The molecule has 1 aromatic carbocycles. The quantitative estimate of drug-likeness (QED) is 0.778. The number of amides is 1. The van der Waals surface area contributed by atoms with E-state index in [1.807, 2.05) is 0 Å². The van der Waals surface area contributed by atoms with Gasteiger partial charge in [0.1, 0.15) is 25.0 Å². The summed E-state index contributed by atoms with van der Waals surface area (Å²) in [6.07, 6.45) is 2.77. The van der Waals surface area contributed by atoms with Gasteiger partial charge in [0.2, 0.25) is 5.91 Å². The largest absolute Gasteiger partial charge is 0.350 e. The van der Waals surface area contributed by atoms with Crippen LogP contribution in [0.2, 0.25) is 0 Å². The third-order valence-corrected chi connectivity index (χ3v) is 2.63. The summed E-state index contributed by atoms with van der Waals surface area (Å²) in [6, 6.07) is 4.48. The van der Waals surface area contributed by atoms with Crippen molar-refractivity contribution >= 4 is 5.91 Å². The Bertz CT molecular complexity index is 672. The second-order valence-electron chi connectivity index (χ2n) is 4.18. The van der Waals surface area contributed by atoms with E-state index in [1.54, 1.807) is 12.1 Å². The van der Waals surface area contributed by atoms with Gasteiger partial charge in [-0.3, -0.25) is 4.79 Å². The average molecular weight is 287 g/mol. The van der Waals surface area contributed by atoms with Crippen LogP contribution in [0, 0.1) is 17.7 Å². The summed E-state index contributed by atoms with van der Waals surface area (Å²) in [7, 11) is 0. The molecule has 0 fully saturated rings. The smallest absolute Gasteiger partial charge is 0.242 e. The van der Waals surface area contributed by atoms with Crippen LogP contribution < -0.4 is 11.1 Å². The van der Waals surface area contributed by atoms with Crippen LogP contribution in [0.1, 0.15) is 11.1 Å². The van der Waals surface area contributed by atoms with Crippen LogP contribution in [0.5, 0.6) is 0 Å². The molecule has 21 heavy (non-hydrogen) atoms. The lowest BCUT2D eigenvalue weighted by molar-refractivity contribution is -0.122. The Balaban J connectivity index is 1.97. The molecule has 3 N–H and O–H groups in total. The van der Waals surface area contributed by atoms with Gasteiger partial charge in [-0.25, -0.2) is 14.1 Å². The van der Waals surface area contributed by atoms with Crippen molar-refractivity contribution in [1.82, 2.24) is 20.1 Å². The number of rotatable bonds is 4. The Morgan fingerprint density at radius 2 is 2.33 bits per heavy atom. The molecule has 0 unspecified atom stereocenters. The molecule has 2 rings (SSSR count). The van der Waals surface area contributed by atoms with E-state index in [2.05, 4.69) is 27.2 Å². The maximum absolute atomic E-state index is 13.7. The van der Waals surface area contributed by atoms with Gasteiger partial charge in [-0.2, -0.15) is 5.10 Å². The first kappa shape index (κ1) is 14.7. The number of hydrogen-bond acceptors (Lipinski definition) is 4. The zero-order valence-corrected chi connectivity index (χ0v) is 11.2. The topological polar surface area (TPSA) is 85.8 Å². The molecular formula is C14H14FN5O. The molecular weight excluding hydrogens is 273 g/mol. The zero-order chi connectivity index (χ0) is 15.1. The highest BCUT2D eigenvalue weighted by Gasteiger charge is 2.07. The maximum atomic E-state index is 13.7. The fourth-order valence-electron chi connectivity index (χ4n) is 1.65. The fourth-order valence-corrected chi connectivity index (χ4v) is 1.65. The maximum Gasteiger partial charge on any atom is 0.242 e. The van der Waals surface area contributed by atoms with Crippen molar-refractivity contribution in [3.8, 4) is 11.8 Å². The van der Waals surface area contributed by atoms with E-state index < -0.39 is 5.82 Å². The van der Waals surface area contributed by atoms with E-state index in [9.17, 15) is 9.18 Å². The van der Waals surface area contributed by atoms with E-state index in [-0.39, 0.29) is 25.5 Å². The lowest BCUT2D eigenvalue weighted by atomic mass is 10.1. The van der Waals surface area contributed by atoms with Gasteiger partial charge in [0, 0.05) is 17.7 Å². The number of nitrogens with zero attached hydrogens (tertiary/aromatic N) is 3. The highest BCUT2D eigenvalue weighted by molar-refractivity contribution is 5.75. The molecule has 0 saturated carbocycles. The molecule has 0 aliphatic rings. The van der Waals surface area contributed by atoms with Crippen molar-refractivity contribution in [2.45, 2.75) is 13.1 Å². The van der Waals surface area contributed by atoms with E-state index in [1.165, 1.54) is 23.4 Å². The van der Waals surface area contributed by atoms with Crippen LogP contribution in [0.3, 0.4) is 0 Å². The molecule has 0 radical (unpaired) electrons. The first-order chi connectivity index (χ1) is 10.2. The molecule has 0 atom stereocenters. The molecule has 1 amide bonds. The molecule has 0 saturated heterocycles. The third kappa shape index (κ3) is 4.40. The minimum atomic E-state index is -0.394. The Hall–Kier alpha value is -2.72. The standard InChI is InChI=1S/C14H14FN5O/c15-13-4-3-11(2-1-5-16)6-12(13)7-18-14(21)8-20-10-17-9-19-20/h3-4,6,9-10H,5,7-8,16H2,(H,18,21). The second kappa shape index (κ2) is 7.17. The normalized spacial score (nSPS) is 9.81. The van der Waals surface area contributed by atoms with Crippen LogP contribution in [0.4, 0.5) is 4.39 Å². The summed E-state index contributed by atoms with van der Waals surface area (Å²) < 4.78 is 15.1.